The number of nitrogens with zero attached hydrogens (tertiary/aromatic N) is 4. The Labute approximate surface area is 148 Å². The maximum Gasteiger partial charge on any atom is 0.198 e. The van der Waals surface area contributed by atoms with Gasteiger partial charge in [0.05, 0.1) is 6.67 Å². The molecule has 0 unspecified atom stereocenters. The van der Waals surface area contributed by atoms with Crippen LogP contribution in [0.4, 0.5) is 0 Å². The zero-order valence-corrected chi connectivity index (χ0v) is 15.5. The van der Waals surface area contributed by atoms with Gasteiger partial charge >= 0.3 is 0 Å². The summed E-state index contributed by atoms with van der Waals surface area (Å²) in [6, 6.07) is 9.50. The summed E-state index contributed by atoms with van der Waals surface area (Å²) in [4.78, 5) is 2.42. The molecule has 5 nitrogen and oxygen atoms in total. The average Bonchev–Trinajstić information content (AvgIpc) is 3.38. The van der Waals surface area contributed by atoms with E-state index < -0.39 is 0 Å². The van der Waals surface area contributed by atoms with Crippen molar-refractivity contribution in [3.05, 3.63) is 46.0 Å². The number of hydrogen-bond acceptors (Lipinski definition) is 4. The van der Waals surface area contributed by atoms with Crippen LogP contribution in [0.1, 0.15) is 49.6 Å². The van der Waals surface area contributed by atoms with Crippen LogP contribution in [0, 0.1) is 4.77 Å². The van der Waals surface area contributed by atoms with Gasteiger partial charge in [-0.2, -0.15) is 5.10 Å². The lowest BCUT2D eigenvalue weighted by molar-refractivity contribution is 0.185. The molecular weight excluding hydrogens is 320 g/mol. The Bertz CT molecular complexity index is 743. The van der Waals surface area contributed by atoms with Crippen LogP contribution in [0.2, 0.25) is 0 Å². The number of benzene rings is 1. The fourth-order valence-corrected chi connectivity index (χ4v) is 3.12. The Morgan fingerprint density at radius 3 is 2.46 bits per heavy atom. The molecule has 130 valence electrons. The van der Waals surface area contributed by atoms with Crippen LogP contribution in [-0.4, -0.2) is 30.4 Å². The summed E-state index contributed by atoms with van der Waals surface area (Å²) in [6.45, 7) is 5.91. The van der Waals surface area contributed by atoms with Crippen LogP contribution in [0.25, 0.3) is 0 Å². The second kappa shape index (κ2) is 7.17. The highest BCUT2D eigenvalue weighted by molar-refractivity contribution is 7.71. The van der Waals surface area contributed by atoms with Gasteiger partial charge in [-0.25, -0.2) is 4.68 Å². The van der Waals surface area contributed by atoms with E-state index in [1.54, 1.807) is 4.57 Å². The number of rotatable bonds is 7. The van der Waals surface area contributed by atoms with Crippen LogP contribution in [0.3, 0.4) is 0 Å². The van der Waals surface area contributed by atoms with Crippen LogP contribution < -0.4 is 0 Å². The quantitative estimate of drug-likeness (QED) is 0.782. The van der Waals surface area contributed by atoms with Crippen molar-refractivity contribution >= 4 is 12.2 Å². The van der Waals surface area contributed by atoms with Crippen LogP contribution >= 0.6 is 12.2 Å². The first kappa shape index (κ1) is 17.3. The van der Waals surface area contributed by atoms with Crippen molar-refractivity contribution in [2.24, 2.45) is 7.05 Å². The minimum atomic E-state index is -0.0900. The second-order valence-corrected chi connectivity index (χ2v) is 7.30. The third kappa shape index (κ3) is 3.77. The summed E-state index contributed by atoms with van der Waals surface area (Å²) >= 11 is 5.44. The van der Waals surface area contributed by atoms with Crippen molar-refractivity contribution in [2.45, 2.75) is 58.5 Å². The molecule has 3 rings (SSSR count). The SMILES string of the molecule is CC(C)c1ccc(CN(Cn2nc(CO)n(C)c2=S)C2CC2)cc1. The fourth-order valence-electron chi connectivity index (χ4n) is 2.91. The van der Waals surface area contributed by atoms with Gasteiger partial charge in [0.2, 0.25) is 0 Å². The Morgan fingerprint density at radius 1 is 1.29 bits per heavy atom. The average molecular weight is 347 g/mol. The van der Waals surface area contributed by atoms with E-state index in [-0.39, 0.29) is 6.61 Å². The molecule has 1 N–H and O–H groups in total. The highest BCUT2D eigenvalue weighted by atomic mass is 32.1. The van der Waals surface area contributed by atoms with Gasteiger partial charge in [-0.05, 0) is 42.1 Å². The first-order valence-corrected chi connectivity index (χ1v) is 8.97. The van der Waals surface area contributed by atoms with Gasteiger partial charge in [0.15, 0.2) is 10.6 Å². The molecule has 0 radical (unpaired) electrons. The van der Waals surface area contributed by atoms with Crippen LogP contribution in [-0.2, 0) is 26.9 Å². The molecule has 0 amide bonds. The van der Waals surface area contributed by atoms with Crippen molar-refractivity contribution in [1.29, 1.82) is 0 Å². The van der Waals surface area contributed by atoms with E-state index in [2.05, 4.69) is 48.1 Å². The zero-order valence-electron chi connectivity index (χ0n) is 14.6. The molecule has 1 aliphatic rings. The molecule has 0 saturated heterocycles. The van der Waals surface area contributed by atoms with Gasteiger partial charge in [-0.1, -0.05) is 38.1 Å². The molecule has 0 atom stereocenters. The largest absolute Gasteiger partial charge is 0.388 e. The smallest absolute Gasteiger partial charge is 0.198 e. The highest BCUT2D eigenvalue weighted by Crippen LogP contribution is 2.29. The summed E-state index contributed by atoms with van der Waals surface area (Å²) in [5, 5.41) is 13.8. The highest BCUT2D eigenvalue weighted by Gasteiger charge is 2.29. The molecule has 1 fully saturated rings. The van der Waals surface area contributed by atoms with Gasteiger partial charge in [0.1, 0.15) is 6.61 Å². The lowest BCUT2D eigenvalue weighted by Crippen LogP contribution is -2.29. The Kier molecular flexibility index (Phi) is 5.18. The minimum Gasteiger partial charge on any atom is -0.388 e. The molecule has 1 saturated carbocycles. The van der Waals surface area contributed by atoms with E-state index in [4.69, 9.17) is 12.2 Å². The summed E-state index contributed by atoms with van der Waals surface area (Å²) in [7, 11) is 1.85. The monoisotopic (exact) mass is 346 g/mol. The Morgan fingerprint density at radius 2 is 1.96 bits per heavy atom. The van der Waals surface area contributed by atoms with Crippen molar-refractivity contribution in [3.63, 3.8) is 0 Å². The standard InChI is InChI=1S/C18H26N4OS/c1-13(2)15-6-4-14(5-7-15)10-21(16-8-9-16)12-22-18(24)20(3)17(11-23)19-22/h4-7,13,16,23H,8-12H2,1-3H3. The van der Waals surface area contributed by atoms with Gasteiger partial charge in [0.25, 0.3) is 0 Å². The van der Waals surface area contributed by atoms with Gasteiger partial charge in [-0.3, -0.25) is 4.90 Å². The summed E-state index contributed by atoms with van der Waals surface area (Å²) in [5.41, 5.74) is 2.69. The molecule has 0 spiro atoms. The summed E-state index contributed by atoms with van der Waals surface area (Å²) < 4.78 is 4.25. The van der Waals surface area contributed by atoms with Crippen molar-refractivity contribution in [2.75, 3.05) is 0 Å². The minimum absolute atomic E-state index is 0.0900. The molecule has 6 heteroatoms. The molecule has 2 aromatic rings. The maximum atomic E-state index is 9.36. The first-order valence-electron chi connectivity index (χ1n) is 8.56. The van der Waals surface area contributed by atoms with E-state index in [0.29, 0.717) is 29.2 Å². The third-order valence-corrected chi connectivity index (χ3v) is 5.17. The van der Waals surface area contributed by atoms with Crippen molar-refractivity contribution in [1.82, 2.24) is 19.2 Å². The fraction of sp³-hybridized carbons (Fsp3) is 0.556. The van der Waals surface area contributed by atoms with E-state index >= 15 is 0 Å². The van der Waals surface area contributed by atoms with Gasteiger partial charge in [-0.15, -0.1) is 0 Å². The molecule has 0 aliphatic heterocycles. The number of aliphatic hydroxyl groups excluding tert-OH is 1. The Hall–Kier alpha value is -1.50. The molecule has 0 bridgehead atoms. The van der Waals surface area contributed by atoms with Crippen LogP contribution in [0.5, 0.6) is 0 Å². The number of aromatic nitrogens is 3. The van der Waals surface area contributed by atoms with E-state index in [1.165, 1.54) is 24.0 Å². The van der Waals surface area contributed by atoms with E-state index in [9.17, 15) is 5.11 Å². The first-order chi connectivity index (χ1) is 11.5. The molecule has 1 aromatic heterocycles. The lowest BCUT2D eigenvalue weighted by atomic mass is 10.0. The van der Waals surface area contributed by atoms with E-state index in [1.807, 2.05) is 11.7 Å². The normalized spacial score (nSPS) is 14.8. The molecule has 1 aliphatic carbocycles. The second-order valence-electron chi connectivity index (χ2n) is 6.93. The van der Waals surface area contributed by atoms with Crippen LogP contribution in [0.15, 0.2) is 24.3 Å². The summed E-state index contributed by atoms with van der Waals surface area (Å²) in [6.07, 6.45) is 2.47. The maximum absolute atomic E-state index is 9.36. The van der Waals surface area contributed by atoms with Crippen molar-refractivity contribution in [3.8, 4) is 0 Å². The predicted octanol–water partition coefficient (Wildman–Crippen LogP) is 3.19. The third-order valence-electron chi connectivity index (χ3n) is 4.68. The zero-order chi connectivity index (χ0) is 17.3. The Balaban J connectivity index is 1.75. The lowest BCUT2D eigenvalue weighted by Gasteiger charge is -2.22. The van der Waals surface area contributed by atoms with Gasteiger partial charge in [0, 0.05) is 19.6 Å². The molecule has 1 aromatic carbocycles. The summed E-state index contributed by atoms with van der Waals surface area (Å²) in [5.74, 6) is 1.17. The number of hydrogen-bond donors (Lipinski definition) is 1. The molecular formula is C18H26N4OS. The topological polar surface area (TPSA) is 46.2 Å². The van der Waals surface area contributed by atoms with Gasteiger partial charge < -0.3 is 9.67 Å². The molecule has 24 heavy (non-hydrogen) atoms. The molecule has 1 heterocycles. The van der Waals surface area contributed by atoms with E-state index in [0.717, 1.165) is 6.54 Å². The number of aliphatic hydroxyl groups is 1. The van der Waals surface area contributed by atoms with Crippen molar-refractivity contribution < 1.29 is 5.11 Å². The predicted molar refractivity (Wildman–Crippen MR) is 97.1 cm³/mol.